The number of nitrogens with one attached hydrogen (secondary N) is 1. The van der Waals surface area contributed by atoms with E-state index in [9.17, 15) is 27.3 Å². The molecule has 1 aromatic carbocycles. The third kappa shape index (κ3) is 3.28. The number of hydrogen-bond acceptors (Lipinski definition) is 5. The van der Waals surface area contributed by atoms with Gasteiger partial charge in [0.15, 0.2) is 0 Å². The molecule has 0 unspecified atom stereocenters. The molecular formula is C11H7F2N3O4S. The van der Waals surface area contributed by atoms with Crippen LogP contribution in [-0.4, -0.2) is 18.3 Å². The Balaban J connectivity index is 2.33. The van der Waals surface area contributed by atoms with Crippen molar-refractivity contribution < 1.29 is 22.1 Å². The number of halogens is 2. The number of nitro benzene ring substituents is 1. The van der Waals surface area contributed by atoms with Gasteiger partial charge in [-0.1, -0.05) is 0 Å². The summed E-state index contributed by atoms with van der Waals surface area (Å²) in [6.07, 6.45) is 0.939. The van der Waals surface area contributed by atoms with E-state index in [-0.39, 0.29) is 5.69 Å². The minimum Gasteiger partial charge on any atom is -0.278 e. The van der Waals surface area contributed by atoms with Crippen LogP contribution in [0.2, 0.25) is 0 Å². The number of hydrogen-bond donors (Lipinski definition) is 1. The van der Waals surface area contributed by atoms with Crippen LogP contribution in [0, 0.1) is 21.9 Å². The summed E-state index contributed by atoms with van der Waals surface area (Å²) in [7, 11) is -4.17. The summed E-state index contributed by atoms with van der Waals surface area (Å²) < 4.78 is 52.0. The maximum Gasteiger partial charge on any atom is 0.304 e. The smallest absolute Gasteiger partial charge is 0.278 e. The van der Waals surface area contributed by atoms with Gasteiger partial charge in [0.1, 0.15) is 0 Å². The summed E-state index contributed by atoms with van der Waals surface area (Å²) in [5.74, 6) is -2.07. The van der Waals surface area contributed by atoms with Crippen molar-refractivity contribution in [3.8, 4) is 0 Å². The highest BCUT2D eigenvalue weighted by Gasteiger charge is 2.20. The highest BCUT2D eigenvalue weighted by Crippen LogP contribution is 2.22. The van der Waals surface area contributed by atoms with E-state index in [0.29, 0.717) is 6.07 Å². The molecule has 1 N–H and O–H groups in total. The van der Waals surface area contributed by atoms with E-state index >= 15 is 0 Å². The van der Waals surface area contributed by atoms with Crippen LogP contribution >= 0.6 is 0 Å². The first-order valence-corrected chi connectivity index (χ1v) is 6.86. The summed E-state index contributed by atoms with van der Waals surface area (Å²) >= 11 is 0. The van der Waals surface area contributed by atoms with Crippen LogP contribution in [0.3, 0.4) is 0 Å². The topological polar surface area (TPSA) is 102 Å². The molecule has 0 aliphatic carbocycles. The second-order valence-electron chi connectivity index (χ2n) is 3.85. The Hall–Kier alpha value is -2.62. The molecule has 7 nitrogen and oxygen atoms in total. The zero-order valence-corrected chi connectivity index (χ0v) is 11.0. The standard InChI is InChI=1S/C11H7F2N3O4S/c12-9-5-8(2-3-10(9)16(17)18)21(19,20)15-7-1-4-11(13)14-6-7/h1-6,15H. The normalized spacial score (nSPS) is 11.1. The summed E-state index contributed by atoms with van der Waals surface area (Å²) in [6, 6.07) is 4.22. The molecule has 10 heteroatoms. The molecule has 2 aromatic rings. The molecule has 0 amide bonds. The molecule has 0 spiro atoms. The van der Waals surface area contributed by atoms with Gasteiger partial charge in [0, 0.05) is 12.1 Å². The van der Waals surface area contributed by atoms with Gasteiger partial charge >= 0.3 is 5.69 Å². The number of sulfonamides is 1. The van der Waals surface area contributed by atoms with Crippen molar-refractivity contribution in [3.05, 3.63) is 58.4 Å². The van der Waals surface area contributed by atoms with Gasteiger partial charge in [-0.25, -0.2) is 13.4 Å². The lowest BCUT2D eigenvalue weighted by Crippen LogP contribution is -2.13. The van der Waals surface area contributed by atoms with Gasteiger partial charge in [-0.3, -0.25) is 14.8 Å². The molecule has 0 aliphatic rings. The van der Waals surface area contributed by atoms with Crippen LogP contribution in [-0.2, 0) is 10.0 Å². The number of pyridine rings is 1. The third-order valence-corrected chi connectivity index (χ3v) is 3.78. The second-order valence-corrected chi connectivity index (χ2v) is 5.53. The summed E-state index contributed by atoms with van der Waals surface area (Å²) in [6.45, 7) is 0. The number of aromatic nitrogens is 1. The molecule has 21 heavy (non-hydrogen) atoms. The van der Waals surface area contributed by atoms with Gasteiger partial charge < -0.3 is 0 Å². The molecule has 0 radical (unpaired) electrons. The number of nitrogens with zero attached hydrogens (tertiary/aromatic N) is 2. The van der Waals surface area contributed by atoms with Crippen LogP contribution in [0.1, 0.15) is 0 Å². The summed E-state index contributed by atoms with van der Waals surface area (Å²) in [5, 5.41) is 10.5. The van der Waals surface area contributed by atoms with Crippen molar-refractivity contribution >= 4 is 21.4 Å². The first-order valence-electron chi connectivity index (χ1n) is 5.38. The highest BCUT2D eigenvalue weighted by molar-refractivity contribution is 7.92. The van der Waals surface area contributed by atoms with E-state index in [0.717, 1.165) is 30.5 Å². The maximum absolute atomic E-state index is 13.4. The predicted molar refractivity (Wildman–Crippen MR) is 68.1 cm³/mol. The number of nitro groups is 1. The molecule has 0 atom stereocenters. The van der Waals surface area contributed by atoms with Crippen LogP contribution in [0.4, 0.5) is 20.2 Å². The maximum atomic E-state index is 13.4. The van der Waals surface area contributed by atoms with Gasteiger partial charge in [-0.2, -0.15) is 8.78 Å². The van der Waals surface area contributed by atoms with Crippen molar-refractivity contribution in [2.24, 2.45) is 0 Å². The number of rotatable bonds is 4. The molecule has 0 saturated carbocycles. The molecule has 1 aromatic heterocycles. The lowest BCUT2D eigenvalue weighted by molar-refractivity contribution is -0.387. The molecule has 0 fully saturated rings. The molecule has 110 valence electrons. The van der Waals surface area contributed by atoms with E-state index in [1.807, 2.05) is 4.72 Å². The molecular weight excluding hydrogens is 308 g/mol. The zero-order valence-electron chi connectivity index (χ0n) is 10.2. The minimum atomic E-state index is -4.17. The lowest BCUT2D eigenvalue weighted by Gasteiger charge is -2.07. The third-order valence-electron chi connectivity index (χ3n) is 2.41. The molecule has 0 bridgehead atoms. The minimum absolute atomic E-state index is 0.0323. The van der Waals surface area contributed by atoms with E-state index in [1.165, 1.54) is 0 Å². The van der Waals surface area contributed by atoms with E-state index in [2.05, 4.69) is 4.98 Å². The first kappa shape index (κ1) is 14.8. The van der Waals surface area contributed by atoms with E-state index in [1.54, 1.807) is 0 Å². The van der Waals surface area contributed by atoms with Gasteiger partial charge in [0.25, 0.3) is 10.0 Å². The Bertz CT molecular complexity index is 794. The quantitative estimate of drug-likeness (QED) is 0.528. The largest absolute Gasteiger partial charge is 0.304 e. The van der Waals surface area contributed by atoms with Gasteiger partial charge in [-0.05, 0) is 18.2 Å². The average Bonchev–Trinajstić information content (AvgIpc) is 2.40. The molecule has 0 aliphatic heterocycles. The molecule has 1 heterocycles. The molecule has 0 saturated heterocycles. The van der Waals surface area contributed by atoms with Crippen molar-refractivity contribution in [3.63, 3.8) is 0 Å². The SMILES string of the molecule is O=[N+]([O-])c1ccc(S(=O)(=O)Nc2ccc(F)nc2)cc1F. The first-order chi connectivity index (χ1) is 9.79. The average molecular weight is 315 g/mol. The molecule has 2 rings (SSSR count). The Kier molecular flexibility index (Phi) is 3.80. The number of anilines is 1. The fourth-order valence-electron chi connectivity index (χ4n) is 1.45. The Labute approximate surface area is 117 Å². The Morgan fingerprint density at radius 1 is 1.19 bits per heavy atom. The fraction of sp³-hybridized carbons (Fsp3) is 0. The Morgan fingerprint density at radius 2 is 1.90 bits per heavy atom. The highest BCUT2D eigenvalue weighted by atomic mass is 32.2. The monoisotopic (exact) mass is 315 g/mol. The van der Waals surface area contributed by atoms with Gasteiger partial charge in [0.2, 0.25) is 11.8 Å². The van der Waals surface area contributed by atoms with Crippen molar-refractivity contribution in [2.75, 3.05) is 4.72 Å². The van der Waals surface area contributed by atoms with E-state index in [4.69, 9.17) is 0 Å². The van der Waals surface area contributed by atoms with Crippen molar-refractivity contribution in [1.29, 1.82) is 0 Å². The Morgan fingerprint density at radius 3 is 2.43 bits per heavy atom. The lowest BCUT2D eigenvalue weighted by atomic mass is 10.3. The van der Waals surface area contributed by atoms with Gasteiger partial charge in [0.05, 0.1) is 21.7 Å². The van der Waals surface area contributed by atoms with E-state index < -0.39 is 37.3 Å². The zero-order chi connectivity index (χ0) is 15.6. The van der Waals surface area contributed by atoms with Crippen LogP contribution < -0.4 is 4.72 Å². The summed E-state index contributed by atoms with van der Waals surface area (Å²) in [4.78, 5) is 12.2. The van der Waals surface area contributed by atoms with Crippen LogP contribution in [0.15, 0.2) is 41.4 Å². The van der Waals surface area contributed by atoms with Gasteiger partial charge in [-0.15, -0.1) is 0 Å². The van der Waals surface area contributed by atoms with Crippen LogP contribution in [0.25, 0.3) is 0 Å². The van der Waals surface area contributed by atoms with Crippen molar-refractivity contribution in [1.82, 2.24) is 4.98 Å². The second kappa shape index (κ2) is 5.40. The predicted octanol–water partition coefficient (Wildman–Crippen LogP) is 2.07. The van der Waals surface area contributed by atoms with Crippen molar-refractivity contribution in [2.45, 2.75) is 4.90 Å². The summed E-state index contributed by atoms with van der Waals surface area (Å²) in [5.41, 5.74) is -0.868. The van der Waals surface area contributed by atoms with Crippen LogP contribution in [0.5, 0.6) is 0 Å². The number of benzene rings is 1. The fourth-order valence-corrected chi connectivity index (χ4v) is 2.51.